The predicted molar refractivity (Wildman–Crippen MR) is 259 cm³/mol. The van der Waals surface area contributed by atoms with Gasteiger partial charge in [-0.2, -0.15) is 0 Å². The first-order valence-corrected chi connectivity index (χ1v) is 21.8. The lowest BCUT2D eigenvalue weighted by Gasteiger charge is -2.26. The molecule has 0 spiro atoms. The van der Waals surface area contributed by atoms with Crippen molar-refractivity contribution in [2.24, 2.45) is 0 Å². The van der Waals surface area contributed by atoms with Gasteiger partial charge in [0, 0.05) is 81.5 Å². The highest BCUT2D eigenvalue weighted by Gasteiger charge is 2.36. The Morgan fingerprint density at radius 1 is 0.459 bits per heavy atom. The summed E-state index contributed by atoms with van der Waals surface area (Å²) in [6.45, 7) is 4.73. The van der Waals surface area contributed by atoms with E-state index in [0.29, 0.717) is 0 Å². The van der Waals surface area contributed by atoms with Gasteiger partial charge in [-0.15, -0.1) is 11.3 Å². The minimum absolute atomic E-state index is 0.139. The summed E-state index contributed by atoms with van der Waals surface area (Å²) in [6, 6.07) is 71.1. The molecule has 61 heavy (non-hydrogen) atoms. The van der Waals surface area contributed by atoms with Gasteiger partial charge in [0.15, 0.2) is 0 Å². The molecule has 3 heterocycles. The van der Waals surface area contributed by atoms with E-state index in [9.17, 15) is 0 Å². The molecule has 0 saturated heterocycles. The quantitative estimate of drug-likeness (QED) is 0.173. The molecule has 3 nitrogen and oxygen atoms in total. The topological polar surface area (TPSA) is 21.3 Å². The molecule has 288 valence electrons. The number of hydrogen-bond donors (Lipinski definition) is 0. The second-order valence-electron chi connectivity index (χ2n) is 16.9. The van der Waals surface area contributed by atoms with Gasteiger partial charge in [0.1, 0.15) is 11.2 Å². The van der Waals surface area contributed by atoms with Crippen LogP contribution in [0.3, 0.4) is 0 Å². The minimum atomic E-state index is -0.139. The Kier molecular flexibility index (Phi) is 7.23. The molecule has 4 heteroatoms. The molecule has 0 unspecified atom stereocenters. The molecular weight excluding hydrogens is 761 g/mol. The molecule has 12 aromatic rings. The molecule has 13 rings (SSSR count). The number of anilines is 3. The van der Waals surface area contributed by atoms with Crippen molar-refractivity contribution in [3.8, 4) is 27.9 Å². The maximum Gasteiger partial charge on any atom is 0.138 e. The molecule has 0 atom stereocenters. The van der Waals surface area contributed by atoms with Crippen LogP contribution >= 0.6 is 11.3 Å². The highest BCUT2D eigenvalue weighted by atomic mass is 32.1. The van der Waals surface area contributed by atoms with Crippen molar-refractivity contribution in [2.45, 2.75) is 19.3 Å². The fourth-order valence-electron chi connectivity index (χ4n) is 10.4. The molecule has 0 radical (unpaired) electrons. The smallest absolute Gasteiger partial charge is 0.138 e. The molecule has 1 aliphatic carbocycles. The third-order valence-corrected chi connectivity index (χ3v) is 14.3. The number of thiophene rings is 1. The zero-order valence-electron chi connectivity index (χ0n) is 33.7. The Hall–Kier alpha value is -7.40. The number of rotatable bonds is 5. The van der Waals surface area contributed by atoms with Gasteiger partial charge in [-0.05, 0) is 101 Å². The molecule has 0 bridgehead atoms. The third-order valence-electron chi connectivity index (χ3n) is 13.2. The van der Waals surface area contributed by atoms with Gasteiger partial charge in [-0.3, -0.25) is 0 Å². The van der Waals surface area contributed by atoms with Crippen LogP contribution in [0.2, 0.25) is 0 Å². The van der Waals surface area contributed by atoms with Gasteiger partial charge in [0.2, 0.25) is 0 Å². The monoisotopic (exact) mass is 798 g/mol. The van der Waals surface area contributed by atoms with Gasteiger partial charge in [0.25, 0.3) is 0 Å². The first-order chi connectivity index (χ1) is 30.0. The highest BCUT2D eigenvalue weighted by Crippen LogP contribution is 2.53. The summed E-state index contributed by atoms with van der Waals surface area (Å²) in [4.78, 5) is 2.40. The molecule has 3 aromatic heterocycles. The molecule has 0 amide bonds. The third kappa shape index (κ3) is 4.97. The fraction of sp³-hybridized carbons (Fsp3) is 0.0526. The Morgan fingerprint density at radius 3 is 2.02 bits per heavy atom. The van der Waals surface area contributed by atoms with Crippen LogP contribution in [0.4, 0.5) is 17.1 Å². The van der Waals surface area contributed by atoms with Crippen molar-refractivity contribution in [3.63, 3.8) is 0 Å². The van der Waals surface area contributed by atoms with Crippen LogP contribution in [0.5, 0.6) is 0 Å². The van der Waals surface area contributed by atoms with Gasteiger partial charge >= 0.3 is 0 Å². The van der Waals surface area contributed by atoms with E-state index in [1.54, 1.807) is 0 Å². The Balaban J connectivity index is 1.12. The summed E-state index contributed by atoms with van der Waals surface area (Å²) >= 11 is 1.85. The minimum Gasteiger partial charge on any atom is -0.456 e. The van der Waals surface area contributed by atoms with Crippen LogP contribution < -0.4 is 4.90 Å². The van der Waals surface area contributed by atoms with Crippen molar-refractivity contribution < 1.29 is 4.42 Å². The summed E-state index contributed by atoms with van der Waals surface area (Å²) in [6.07, 6.45) is 0. The second kappa shape index (κ2) is 12.8. The van der Waals surface area contributed by atoms with Crippen molar-refractivity contribution >= 4 is 92.3 Å². The number of aromatic nitrogens is 1. The van der Waals surface area contributed by atoms with E-state index in [4.69, 9.17) is 4.42 Å². The predicted octanol–water partition coefficient (Wildman–Crippen LogP) is 16.5. The summed E-state index contributed by atoms with van der Waals surface area (Å²) in [5.41, 5.74) is 16.1. The van der Waals surface area contributed by atoms with Crippen LogP contribution in [0.1, 0.15) is 25.0 Å². The van der Waals surface area contributed by atoms with Crippen molar-refractivity contribution in [2.75, 3.05) is 4.90 Å². The Bertz CT molecular complexity index is 3740. The fourth-order valence-corrected chi connectivity index (χ4v) is 11.5. The van der Waals surface area contributed by atoms with Crippen LogP contribution in [0.15, 0.2) is 199 Å². The van der Waals surface area contributed by atoms with Crippen molar-refractivity contribution in [3.05, 3.63) is 205 Å². The van der Waals surface area contributed by atoms with E-state index in [-0.39, 0.29) is 5.41 Å². The molecule has 9 aromatic carbocycles. The number of nitrogens with zero attached hydrogens (tertiary/aromatic N) is 2. The summed E-state index contributed by atoms with van der Waals surface area (Å²) in [5, 5.41) is 7.25. The lowest BCUT2D eigenvalue weighted by molar-refractivity contribution is 0.660. The molecule has 0 N–H and O–H groups in total. The molecule has 1 aliphatic rings. The maximum atomic E-state index is 6.81. The lowest BCUT2D eigenvalue weighted by Crippen LogP contribution is -2.14. The van der Waals surface area contributed by atoms with E-state index < -0.39 is 0 Å². The van der Waals surface area contributed by atoms with Gasteiger partial charge < -0.3 is 13.9 Å². The van der Waals surface area contributed by atoms with Crippen LogP contribution in [-0.2, 0) is 5.41 Å². The second-order valence-corrected chi connectivity index (χ2v) is 18.0. The van der Waals surface area contributed by atoms with E-state index in [2.05, 4.69) is 217 Å². The van der Waals surface area contributed by atoms with Gasteiger partial charge in [0.05, 0.1) is 11.0 Å². The number of para-hydroxylation sites is 3. The van der Waals surface area contributed by atoms with E-state index in [1.807, 2.05) is 11.3 Å². The molecule has 0 saturated carbocycles. The van der Waals surface area contributed by atoms with Crippen LogP contribution in [0, 0.1) is 0 Å². The Labute approximate surface area is 357 Å². The van der Waals surface area contributed by atoms with E-state index in [0.717, 1.165) is 55.7 Å². The van der Waals surface area contributed by atoms with Gasteiger partial charge in [-0.25, -0.2) is 0 Å². The van der Waals surface area contributed by atoms with E-state index >= 15 is 0 Å². The normalized spacial score (nSPS) is 13.2. The summed E-state index contributed by atoms with van der Waals surface area (Å²) < 4.78 is 11.8. The first kappa shape index (κ1) is 34.5. The van der Waals surface area contributed by atoms with Crippen LogP contribution in [-0.4, -0.2) is 4.57 Å². The summed E-state index contributed by atoms with van der Waals surface area (Å²) in [7, 11) is 0. The maximum absolute atomic E-state index is 6.81. The van der Waals surface area contributed by atoms with Crippen LogP contribution in [0.25, 0.3) is 91.9 Å². The zero-order chi connectivity index (χ0) is 40.4. The lowest BCUT2D eigenvalue weighted by atomic mass is 9.81. The average Bonchev–Trinajstić information content (AvgIpc) is 4.02. The summed E-state index contributed by atoms with van der Waals surface area (Å²) in [5.74, 6) is 0. The van der Waals surface area contributed by atoms with Gasteiger partial charge in [-0.1, -0.05) is 129 Å². The Morgan fingerprint density at radius 2 is 1.15 bits per heavy atom. The SMILES string of the molecule is CC1(C)c2ccccc2-c2ccc(-c3c4c(cc5c3c3ccc(N(c6ccccc6)c6ccc7sc8ccccc8c7c6)cc3n5-c3ccccc3)oc3ccccc34)cc21. The molecule has 0 fully saturated rings. The number of fused-ring (bicyclic) bond motifs is 12. The number of benzene rings is 9. The average molecular weight is 799 g/mol. The molecule has 0 aliphatic heterocycles. The zero-order valence-corrected chi connectivity index (χ0v) is 34.5. The largest absolute Gasteiger partial charge is 0.456 e. The molecular formula is C57H38N2OS. The number of hydrogen-bond acceptors (Lipinski definition) is 3. The standard InChI is InChI=1S/C57H38N2OS/c1-57(2)46-22-12-9-19-40(46)41-28-25-35(31-47(41)57)54-55-43-29-26-39(58(36-15-5-3-6-16-36)38-27-30-53-45(32-38)42-20-11-14-24-52(42)61-53)33-48(43)59(37-17-7-4-8-18-37)49(55)34-51-56(54)44-21-10-13-23-50(44)60-51/h3-34H,1-2H3. The van der Waals surface area contributed by atoms with Crippen molar-refractivity contribution in [1.82, 2.24) is 4.57 Å². The van der Waals surface area contributed by atoms with Crippen molar-refractivity contribution in [1.29, 1.82) is 0 Å². The number of furan rings is 1. The first-order valence-electron chi connectivity index (χ1n) is 21.0. The highest BCUT2D eigenvalue weighted by molar-refractivity contribution is 7.25. The van der Waals surface area contributed by atoms with E-state index in [1.165, 1.54) is 64.3 Å².